The lowest BCUT2D eigenvalue weighted by atomic mass is 9.94. The highest BCUT2D eigenvalue weighted by atomic mass is 16.6. The van der Waals surface area contributed by atoms with Gasteiger partial charge in [0.2, 0.25) is 0 Å². The van der Waals surface area contributed by atoms with E-state index in [1.54, 1.807) is 19.1 Å². The van der Waals surface area contributed by atoms with Crippen molar-refractivity contribution in [1.82, 2.24) is 0 Å². The van der Waals surface area contributed by atoms with Gasteiger partial charge in [-0.05, 0) is 13.0 Å². The number of nitrogens with one attached hydrogen (secondary N) is 1. The molecule has 2 N–H and O–H groups in total. The van der Waals surface area contributed by atoms with E-state index < -0.39 is 10.5 Å². The second kappa shape index (κ2) is 6.73. The Morgan fingerprint density at radius 1 is 1.48 bits per heavy atom. The molecular weight excluding hydrogens is 276 g/mol. The molecule has 1 aromatic carbocycles. The number of anilines is 1. The Bertz CT molecular complexity index is 500. The average Bonchev–Trinajstić information content (AvgIpc) is 2.46. The summed E-state index contributed by atoms with van der Waals surface area (Å²) in [5, 5.41) is 24.4. The number of nitro benzene ring substituents is 1. The van der Waals surface area contributed by atoms with Crippen molar-refractivity contribution >= 4 is 11.4 Å². The quantitative estimate of drug-likeness (QED) is 0.615. The van der Waals surface area contributed by atoms with Crippen molar-refractivity contribution in [3.8, 4) is 5.75 Å². The van der Waals surface area contributed by atoms with E-state index in [1.807, 2.05) is 0 Å². The summed E-state index contributed by atoms with van der Waals surface area (Å²) in [7, 11) is 0. The average molecular weight is 296 g/mol. The van der Waals surface area contributed by atoms with Gasteiger partial charge in [0.05, 0.1) is 17.1 Å². The molecule has 0 atom stereocenters. The van der Waals surface area contributed by atoms with Gasteiger partial charge in [0.15, 0.2) is 5.75 Å². The maximum Gasteiger partial charge on any atom is 0.311 e. The molecule has 1 saturated heterocycles. The number of ether oxygens (including phenoxy) is 2. The number of rotatable bonds is 6. The summed E-state index contributed by atoms with van der Waals surface area (Å²) in [4.78, 5) is 10.4. The van der Waals surface area contributed by atoms with Gasteiger partial charge in [-0.1, -0.05) is 0 Å². The number of benzene rings is 1. The van der Waals surface area contributed by atoms with Crippen molar-refractivity contribution in [2.45, 2.75) is 25.4 Å². The molecule has 1 fully saturated rings. The molecule has 1 aliphatic rings. The molecule has 0 spiro atoms. The van der Waals surface area contributed by atoms with Crippen LogP contribution in [0.5, 0.6) is 5.75 Å². The third kappa shape index (κ3) is 4.05. The third-order valence-electron chi connectivity index (χ3n) is 3.50. The van der Waals surface area contributed by atoms with Gasteiger partial charge in [-0.3, -0.25) is 10.1 Å². The van der Waals surface area contributed by atoms with Crippen molar-refractivity contribution in [3.63, 3.8) is 0 Å². The molecule has 0 unspecified atom stereocenters. The third-order valence-corrected chi connectivity index (χ3v) is 3.50. The zero-order chi connectivity index (χ0) is 15.3. The zero-order valence-corrected chi connectivity index (χ0v) is 12.0. The highest BCUT2D eigenvalue weighted by Gasteiger charge is 2.29. The summed E-state index contributed by atoms with van der Waals surface area (Å²) in [6, 6.07) is 4.61. The Labute approximate surface area is 123 Å². The normalized spacial score (nSPS) is 17.2. The molecule has 7 nitrogen and oxygen atoms in total. The summed E-state index contributed by atoms with van der Waals surface area (Å²) in [6.45, 7) is 3.59. The van der Waals surface area contributed by atoms with Gasteiger partial charge in [-0.2, -0.15) is 0 Å². The molecule has 116 valence electrons. The predicted molar refractivity (Wildman–Crippen MR) is 77.8 cm³/mol. The Morgan fingerprint density at radius 3 is 2.81 bits per heavy atom. The summed E-state index contributed by atoms with van der Waals surface area (Å²) >= 11 is 0. The number of hydrogen-bond acceptors (Lipinski definition) is 6. The number of aliphatic hydroxyl groups is 1. The smallest absolute Gasteiger partial charge is 0.311 e. The maximum absolute atomic E-state index is 10.9. The van der Waals surface area contributed by atoms with Crippen LogP contribution in [0.4, 0.5) is 11.4 Å². The van der Waals surface area contributed by atoms with E-state index >= 15 is 0 Å². The van der Waals surface area contributed by atoms with Crippen LogP contribution in [0.2, 0.25) is 0 Å². The lowest BCUT2D eigenvalue weighted by molar-refractivity contribution is -0.385. The fraction of sp³-hybridized carbons (Fsp3) is 0.571. The van der Waals surface area contributed by atoms with Gasteiger partial charge in [0.25, 0.3) is 0 Å². The summed E-state index contributed by atoms with van der Waals surface area (Å²) in [5.74, 6) is 0.228. The van der Waals surface area contributed by atoms with Crippen molar-refractivity contribution in [2.24, 2.45) is 0 Å². The van der Waals surface area contributed by atoms with Crippen LogP contribution in [-0.4, -0.2) is 42.0 Å². The van der Waals surface area contributed by atoms with Crippen LogP contribution in [0.15, 0.2) is 18.2 Å². The molecule has 1 aliphatic heterocycles. The lowest BCUT2D eigenvalue weighted by Gasteiger charge is -2.32. The first-order chi connectivity index (χ1) is 10.0. The van der Waals surface area contributed by atoms with Crippen LogP contribution in [0.1, 0.15) is 19.8 Å². The SMILES string of the molecule is CCOc1cc(NCC2(O)CCOCC2)ccc1[N+](=O)[O-]. The van der Waals surface area contributed by atoms with Crippen LogP contribution in [0, 0.1) is 10.1 Å². The van der Waals surface area contributed by atoms with Crippen LogP contribution < -0.4 is 10.1 Å². The van der Waals surface area contributed by atoms with Gasteiger partial charge < -0.3 is 19.9 Å². The zero-order valence-electron chi connectivity index (χ0n) is 12.0. The van der Waals surface area contributed by atoms with Gasteiger partial charge in [-0.15, -0.1) is 0 Å². The molecule has 0 saturated carbocycles. The monoisotopic (exact) mass is 296 g/mol. The molecule has 1 heterocycles. The van der Waals surface area contributed by atoms with Crippen molar-refractivity contribution < 1.29 is 19.5 Å². The van der Waals surface area contributed by atoms with E-state index in [2.05, 4.69) is 5.32 Å². The maximum atomic E-state index is 10.9. The first-order valence-electron chi connectivity index (χ1n) is 6.99. The number of nitro groups is 1. The van der Waals surface area contributed by atoms with E-state index in [0.29, 0.717) is 44.9 Å². The molecule has 1 aromatic rings. The second-order valence-electron chi connectivity index (χ2n) is 5.06. The van der Waals surface area contributed by atoms with Gasteiger partial charge in [-0.25, -0.2) is 0 Å². The van der Waals surface area contributed by atoms with Crippen molar-refractivity contribution in [2.75, 3.05) is 31.7 Å². The standard InChI is InChI=1S/C14H20N2O5/c1-2-21-13-9-11(3-4-12(13)16(18)19)15-10-14(17)5-7-20-8-6-14/h3-4,9,15,17H,2,5-8,10H2,1H3. The number of nitrogens with zero attached hydrogens (tertiary/aromatic N) is 1. The molecule has 0 aromatic heterocycles. The van der Waals surface area contributed by atoms with E-state index in [1.165, 1.54) is 6.07 Å². The van der Waals surface area contributed by atoms with Gasteiger partial charge >= 0.3 is 5.69 Å². The van der Waals surface area contributed by atoms with Crippen LogP contribution in [0.3, 0.4) is 0 Å². The van der Waals surface area contributed by atoms with Crippen LogP contribution in [-0.2, 0) is 4.74 Å². The molecule has 7 heteroatoms. The van der Waals surface area contributed by atoms with Gasteiger partial charge in [0.1, 0.15) is 0 Å². The molecule has 0 amide bonds. The highest BCUT2D eigenvalue weighted by Crippen LogP contribution is 2.30. The molecule has 2 rings (SSSR count). The Kier molecular flexibility index (Phi) is 4.98. The summed E-state index contributed by atoms with van der Waals surface area (Å²) in [5.41, 5.74) is -0.178. The molecule has 0 bridgehead atoms. The van der Waals surface area contributed by atoms with Gasteiger partial charge in [0, 0.05) is 50.4 Å². The van der Waals surface area contributed by atoms with Crippen LogP contribution in [0.25, 0.3) is 0 Å². The Balaban J connectivity index is 2.06. The van der Waals surface area contributed by atoms with E-state index in [9.17, 15) is 15.2 Å². The number of hydrogen-bond donors (Lipinski definition) is 2. The molecule has 0 radical (unpaired) electrons. The van der Waals surface area contributed by atoms with Crippen molar-refractivity contribution in [3.05, 3.63) is 28.3 Å². The van der Waals surface area contributed by atoms with E-state index in [4.69, 9.17) is 9.47 Å². The highest BCUT2D eigenvalue weighted by molar-refractivity contribution is 5.58. The van der Waals surface area contributed by atoms with Crippen molar-refractivity contribution in [1.29, 1.82) is 0 Å². The Hall–Kier alpha value is -1.86. The molecule has 0 aliphatic carbocycles. The summed E-state index contributed by atoms with van der Waals surface area (Å²) in [6.07, 6.45) is 1.15. The fourth-order valence-electron chi connectivity index (χ4n) is 2.24. The topological polar surface area (TPSA) is 93.9 Å². The lowest BCUT2D eigenvalue weighted by Crippen LogP contribution is -2.42. The van der Waals surface area contributed by atoms with E-state index in [-0.39, 0.29) is 11.4 Å². The molecule has 21 heavy (non-hydrogen) atoms. The first kappa shape index (κ1) is 15.5. The summed E-state index contributed by atoms with van der Waals surface area (Å²) < 4.78 is 10.5. The largest absolute Gasteiger partial charge is 0.487 e. The first-order valence-corrected chi connectivity index (χ1v) is 6.99. The predicted octanol–water partition coefficient (Wildman–Crippen LogP) is 1.95. The minimum absolute atomic E-state index is 0.0628. The minimum Gasteiger partial charge on any atom is -0.487 e. The Morgan fingerprint density at radius 2 is 2.19 bits per heavy atom. The van der Waals surface area contributed by atoms with E-state index in [0.717, 1.165) is 0 Å². The second-order valence-corrected chi connectivity index (χ2v) is 5.06. The fourth-order valence-corrected chi connectivity index (χ4v) is 2.24. The van der Waals surface area contributed by atoms with Crippen LogP contribution >= 0.6 is 0 Å². The molecular formula is C14H20N2O5. The minimum atomic E-state index is -0.800.